The highest BCUT2D eigenvalue weighted by atomic mass is 16.2. The highest BCUT2D eigenvalue weighted by Gasteiger charge is 2.24. The van der Waals surface area contributed by atoms with Crippen LogP contribution in [0.2, 0.25) is 0 Å². The number of nitrogens with zero attached hydrogens (tertiary/aromatic N) is 1. The Kier molecular flexibility index (Phi) is 7.19. The topological polar surface area (TPSA) is 82.9 Å². The van der Waals surface area contributed by atoms with Crippen molar-refractivity contribution >= 4 is 23.4 Å². The summed E-state index contributed by atoms with van der Waals surface area (Å²) in [5, 5.41) is 5.27. The smallest absolute Gasteiger partial charge is 0.313 e. The van der Waals surface area contributed by atoms with Crippen LogP contribution in [-0.2, 0) is 9.59 Å². The van der Waals surface area contributed by atoms with Crippen molar-refractivity contribution in [3.05, 3.63) is 65.2 Å². The first kappa shape index (κ1) is 21.5. The van der Waals surface area contributed by atoms with Crippen LogP contribution in [0, 0.1) is 13.8 Å². The maximum Gasteiger partial charge on any atom is 0.313 e. The summed E-state index contributed by atoms with van der Waals surface area (Å²) in [6.45, 7) is 8.11. The van der Waals surface area contributed by atoms with Crippen LogP contribution in [0.3, 0.4) is 0 Å². The third-order valence-corrected chi connectivity index (χ3v) is 5.34. The van der Waals surface area contributed by atoms with Crippen molar-refractivity contribution in [1.82, 2.24) is 10.2 Å². The second kappa shape index (κ2) is 10.0. The van der Waals surface area contributed by atoms with Crippen molar-refractivity contribution in [3.63, 3.8) is 0 Å². The van der Waals surface area contributed by atoms with Gasteiger partial charge in [0.2, 0.25) is 0 Å². The van der Waals surface area contributed by atoms with E-state index in [2.05, 4.69) is 10.6 Å². The third kappa shape index (κ3) is 5.90. The molecule has 1 aliphatic rings. The summed E-state index contributed by atoms with van der Waals surface area (Å²) in [4.78, 5) is 39.7. The fraction of sp³-hybridized carbons (Fsp3) is 0.348. The number of hydrogen-bond donors (Lipinski definition) is 3. The molecule has 0 aliphatic carbocycles. The average Bonchev–Trinajstić information content (AvgIpc) is 2.76. The second-order valence-electron chi connectivity index (χ2n) is 7.73. The number of anilines is 1. The highest BCUT2D eigenvalue weighted by molar-refractivity contribution is 6.39. The van der Waals surface area contributed by atoms with Gasteiger partial charge in [-0.2, -0.15) is 0 Å². The van der Waals surface area contributed by atoms with Crippen molar-refractivity contribution in [2.75, 3.05) is 44.6 Å². The Morgan fingerprint density at radius 3 is 2.03 bits per heavy atom. The Labute approximate surface area is 177 Å². The molecule has 0 aromatic heterocycles. The summed E-state index contributed by atoms with van der Waals surface area (Å²) in [7, 11) is 0. The molecule has 1 aliphatic heterocycles. The van der Waals surface area contributed by atoms with Crippen molar-refractivity contribution < 1.29 is 19.3 Å². The number of nitrogens with one attached hydrogen (secondary N) is 3. The van der Waals surface area contributed by atoms with E-state index in [1.807, 2.05) is 55.1 Å². The molecule has 30 heavy (non-hydrogen) atoms. The quantitative estimate of drug-likeness (QED) is 0.625. The number of quaternary nitrogens is 1. The molecule has 3 N–H and O–H groups in total. The molecule has 0 spiro atoms. The molecule has 0 unspecified atom stereocenters. The third-order valence-electron chi connectivity index (χ3n) is 5.34. The summed E-state index contributed by atoms with van der Waals surface area (Å²) in [5.74, 6) is -1.24. The van der Waals surface area contributed by atoms with Crippen LogP contribution in [0.5, 0.6) is 0 Å². The lowest BCUT2D eigenvalue weighted by molar-refractivity contribution is -0.902. The molecule has 3 amide bonds. The van der Waals surface area contributed by atoms with Gasteiger partial charge in [0.25, 0.3) is 5.91 Å². The van der Waals surface area contributed by atoms with Gasteiger partial charge in [0.05, 0.1) is 39.3 Å². The molecule has 7 heteroatoms. The van der Waals surface area contributed by atoms with Crippen LogP contribution in [0.25, 0.3) is 0 Å². The monoisotopic (exact) mass is 409 g/mol. The van der Waals surface area contributed by atoms with Crippen LogP contribution in [0.4, 0.5) is 5.69 Å². The Hall–Kier alpha value is -3.19. The molecule has 7 nitrogen and oxygen atoms in total. The van der Waals surface area contributed by atoms with E-state index >= 15 is 0 Å². The highest BCUT2D eigenvalue weighted by Crippen LogP contribution is 2.08. The lowest BCUT2D eigenvalue weighted by Crippen LogP contribution is -3.15. The zero-order chi connectivity index (χ0) is 21.5. The lowest BCUT2D eigenvalue weighted by Gasteiger charge is -2.32. The first-order chi connectivity index (χ1) is 14.4. The average molecular weight is 410 g/mol. The van der Waals surface area contributed by atoms with Gasteiger partial charge in [0.15, 0.2) is 0 Å². The summed E-state index contributed by atoms with van der Waals surface area (Å²) in [5.41, 5.74) is 3.54. The minimum atomic E-state index is -0.664. The first-order valence-electron chi connectivity index (χ1n) is 10.3. The predicted octanol–water partition coefficient (Wildman–Crippen LogP) is 0.399. The van der Waals surface area contributed by atoms with Gasteiger partial charge >= 0.3 is 11.8 Å². The molecule has 1 saturated heterocycles. The van der Waals surface area contributed by atoms with Gasteiger partial charge in [-0.3, -0.25) is 14.4 Å². The number of amides is 3. The Morgan fingerprint density at radius 1 is 0.867 bits per heavy atom. The molecule has 3 rings (SSSR count). The maximum atomic E-state index is 12.6. The molecule has 0 saturated carbocycles. The predicted molar refractivity (Wildman–Crippen MR) is 115 cm³/mol. The van der Waals surface area contributed by atoms with Crippen molar-refractivity contribution in [2.24, 2.45) is 0 Å². The van der Waals surface area contributed by atoms with E-state index in [9.17, 15) is 14.4 Å². The zero-order valence-corrected chi connectivity index (χ0v) is 17.5. The van der Waals surface area contributed by atoms with Gasteiger partial charge in [-0.15, -0.1) is 0 Å². The molecular weight excluding hydrogens is 380 g/mol. The van der Waals surface area contributed by atoms with Gasteiger partial charge in [0.1, 0.15) is 0 Å². The van der Waals surface area contributed by atoms with Crippen LogP contribution >= 0.6 is 0 Å². The minimum Gasteiger partial charge on any atom is -0.342 e. The SMILES string of the molecule is Cc1ccc(NC(=O)C(=O)NCC[NH+]2CCN(C(=O)c3ccc(C)cc3)CC2)cc1. The number of hydrogen-bond acceptors (Lipinski definition) is 3. The minimum absolute atomic E-state index is 0.0649. The van der Waals surface area contributed by atoms with E-state index in [-0.39, 0.29) is 5.91 Å². The number of carbonyl (C=O) groups is 3. The lowest BCUT2D eigenvalue weighted by atomic mass is 10.1. The van der Waals surface area contributed by atoms with Crippen molar-refractivity contribution in [2.45, 2.75) is 13.8 Å². The fourth-order valence-corrected chi connectivity index (χ4v) is 3.41. The normalized spacial score (nSPS) is 14.3. The molecule has 0 atom stereocenters. The summed E-state index contributed by atoms with van der Waals surface area (Å²) < 4.78 is 0. The van der Waals surface area contributed by atoms with Crippen LogP contribution in [0.15, 0.2) is 48.5 Å². The van der Waals surface area contributed by atoms with Gasteiger partial charge < -0.3 is 20.4 Å². The first-order valence-corrected chi connectivity index (χ1v) is 10.3. The van der Waals surface area contributed by atoms with Crippen molar-refractivity contribution in [3.8, 4) is 0 Å². The van der Waals surface area contributed by atoms with Crippen LogP contribution in [0.1, 0.15) is 21.5 Å². The number of rotatable bonds is 5. The van der Waals surface area contributed by atoms with Gasteiger partial charge in [-0.25, -0.2) is 0 Å². The number of aryl methyl sites for hydroxylation is 2. The number of benzene rings is 2. The summed E-state index contributed by atoms with van der Waals surface area (Å²) >= 11 is 0. The van der Waals surface area contributed by atoms with Crippen LogP contribution < -0.4 is 15.5 Å². The fourth-order valence-electron chi connectivity index (χ4n) is 3.41. The Bertz CT molecular complexity index is 886. The zero-order valence-electron chi connectivity index (χ0n) is 17.5. The van der Waals surface area contributed by atoms with Gasteiger partial charge in [0, 0.05) is 11.3 Å². The standard InChI is InChI=1S/C23H28N4O3/c1-17-3-7-19(8-4-17)23(30)27-15-13-26(14-16-27)12-11-24-21(28)22(29)25-20-9-5-18(2)6-10-20/h3-10H,11-16H2,1-2H3,(H,24,28)(H,25,29)/p+1. The maximum absolute atomic E-state index is 12.6. The number of carbonyl (C=O) groups excluding carboxylic acids is 3. The molecule has 1 fully saturated rings. The van der Waals surface area contributed by atoms with Crippen LogP contribution in [-0.4, -0.2) is 61.9 Å². The molecule has 158 valence electrons. The summed E-state index contributed by atoms with van der Waals surface area (Å²) in [6, 6.07) is 14.9. The van der Waals surface area contributed by atoms with E-state index in [4.69, 9.17) is 0 Å². The van der Waals surface area contributed by atoms with Gasteiger partial charge in [-0.05, 0) is 38.1 Å². The Morgan fingerprint density at radius 2 is 1.43 bits per heavy atom. The van der Waals surface area contributed by atoms with E-state index in [0.717, 1.165) is 36.3 Å². The van der Waals surface area contributed by atoms with Gasteiger partial charge in [-0.1, -0.05) is 35.4 Å². The van der Waals surface area contributed by atoms with E-state index in [0.29, 0.717) is 25.3 Å². The number of piperazine rings is 1. The van der Waals surface area contributed by atoms with E-state index in [1.54, 1.807) is 12.1 Å². The summed E-state index contributed by atoms with van der Waals surface area (Å²) in [6.07, 6.45) is 0. The molecule has 2 aromatic carbocycles. The largest absolute Gasteiger partial charge is 0.342 e. The Balaban J connectivity index is 1.36. The second-order valence-corrected chi connectivity index (χ2v) is 7.73. The molecular formula is C23H29N4O3+. The molecule has 0 bridgehead atoms. The van der Waals surface area contributed by atoms with E-state index in [1.165, 1.54) is 4.90 Å². The van der Waals surface area contributed by atoms with E-state index < -0.39 is 11.8 Å². The molecule has 1 heterocycles. The molecule has 0 radical (unpaired) electrons. The van der Waals surface area contributed by atoms with Crippen molar-refractivity contribution in [1.29, 1.82) is 0 Å². The molecule has 2 aromatic rings.